The lowest BCUT2D eigenvalue weighted by Crippen LogP contribution is -2.48. The SMILES string of the molecule is Cc1c(/C=C/C(=O)N2CCN(CCc3cccc(F)c3)CC2)c2ccccc2n1CCCCl. The number of carbonyl (C=O) groups excluding carboxylic acids is 1. The average molecular weight is 468 g/mol. The first-order chi connectivity index (χ1) is 16.1. The van der Waals surface area contributed by atoms with Gasteiger partial charge in [0.2, 0.25) is 5.91 Å². The summed E-state index contributed by atoms with van der Waals surface area (Å²) in [5.74, 6) is 0.493. The fourth-order valence-corrected chi connectivity index (χ4v) is 4.73. The van der Waals surface area contributed by atoms with Crippen LogP contribution in [0.1, 0.15) is 23.2 Å². The van der Waals surface area contributed by atoms with Gasteiger partial charge in [0.05, 0.1) is 0 Å². The van der Waals surface area contributed by atoms with Crippen molar-refractivity contribution in [2.24, 2.45) is 0 Å². The Labute approximate surface area is 200 Å². The molecule has 4 nitrogen and oxygen atoms in total. The summed E-state index contributed by atoms with van der Waals surface area (Å²) in [7, 11) is 0. The van der Waals surface area contributed by atoms with Gasteiger partial charge in [-0.15, -0.1) is 11.6 Å². The van der Waals surface area contributed by atoms with Crippen LogP contribution in [-0.2, 0) is 17.8 Å². The van der Waals surface area contributed by atoms with E-state index < -0.39 is 0 Å². The number of nitrogens with zero attached hydrogens (tertiary/aromatic N) is 3. The highest BCUT2D eigenvalue weighted by atomic mass is 35.5. The van der Waals surface area contributed by atoms with Crippen LogP contribution in [0, 0.1) is 12.7 Å². The molecule has 2 heterocycles. The Morgan fingerprint density at radius 2 is 1.85 bits per heavy atom. The predicted molar refractivity (Wildman–Crippen MR) is 134 cm³/mol. The summed E-state index contributed by atoms with van der Waals surface area (Å²) in [5, 5.41) is 1.16. The summed E-state index contributed by atoms with van der Waals surface area (Å²) in [6.07, 6.45) is 5.40. The second-order valence-corrected chi connectivity index (χ2v) is 8.97. The normalized spacial score (nSPS) is 15.1. The molecule has 1 aliphatic rings. The minimum absolute atomic E-state index is 0.0526. The number of piperazine rings is 1. The first kappa shape index (κ1) is 23.5. The Morgan fingerprint density at radius 1 is 1.06 bits per heavy atom. The Hall–Kier alpha value is -2.63. The van der Waals surface area contributed by atoms with E-state index in [1.54, 1.807) is 18.2 Å². The highest BCUT2D eigenvalue weighted by Gasteiger charge is 2.20. The summed E-state index contributed by atoms with van der Waals surface area (Å²) < 4.78 is 15.7. The smallest absolute Gasteiger partial charge is 0.246 e. The summed E-state index contributed by atoms with van der Waals surface area (Å²) in [6, 6.07) is 15.1. The van der Waals surface area contributed by atoms with Gasteiger partial charge in [-0.25, -0.2) is 4.39 Å². The number of aryl methyl sites for hydroxylation is 1. The van der Waals surface area contributed by atoms with Crippen molar-refractivity contribution in [3.05, 3.63) is 77.2 Å². The van der Waals surface area contributed by atoms with Gasteiger partial charge in [0.25, 0.3) is 0 Å². The quantitative estimate of drug-likeness (QED) is 0.340. The number of hydrogen-bond acceptors (Lipinski definition) is 2. The van der Waals surface area contributed by atoms with E-state index in [1.165, 1.54) is 11.6 Å². The third-order valence-corrected chi connectivity index (χ3v) is 6.74. The van der Waals surface area contributed by atoms with Gasteiger partial charge in [-0.2, -0.15) is 0 Å². The number of fused-ring (bicyclic) bond motifs is 1. The van der Waals surface area contributed by atoms with Gasteiger partial charge in [-0.05, 0) is 49.6 Å². The summed E-state index contributed by atoms with van der Waals surface area (Å²) in [4.78, 5) is 17.1. The molecule has 33 heavy (non-hydrogen) atoms. The number of hydrogen-bond donors (Lipinski definition) is 0. The third kappa shape index (κ3) is 5.66. The van der Waals surface area contributed by atoms with Gasteiger partial charge in [-0.3, -0.25) is 9.69 Å². The molecular formula is C27H31ClFN3O. The molecule has 0 spiro atoms. The van der Waals surface area contributed by atoms with Crippen LogP contribution in [0.3, 0.4) is 0 Å². The molecule has 1 aromatic heterocycles. The minimum atomic E-state index is -0.188. The molecule has 0 N–H and O–H groups in total. The lowest BCUT2D eigenvalue weighted by molar-refractivity contribution is -0.127. The Kier molecular flexibility index (Phi) is 7.84. The lowest BCUT2D eigenvalue weighted by Gasteiger charge is -2.34. The standard InChI is InChI=1S/C27H31ClFN3O/c1-21-24(25-8-2-3-9-26(25)32(21)14-5-13-28)10-11-27(33)31-18-16-30(17-19-31)15-12-22-6-4-7-23(29)20-22/h2-4,6-11,20H,5,12-19H2,1H3/b11-10+. The molecule has 3 aromatic rings. The maximum Gasteiger partial charge on any atom is 0.246 e. The van der Waals surface area contributed by atoms with E-state index in [2.05, 4.69) is 28.5 Å². The van der Waals surface area contributed by atoms with Crippen LogP contribution in [-0.4, -0.2) is 58.9 Å². The van der Waals surface area contributed by atoms with Gasteiger partial charge in [0, 0.05) is 73.4 Å². The van der Waals surface area contributed by atoms with Crippen LogP contribution in [0.15, 0.2) is 54.6 Å². The summed E-state index contributed by atoms with van der Waals surface area (Å²) in [6.45, 7) is 6.95. The lowest BCUT2D eigenvalue weighted by atomic mass is 10.1. The molecule has 6 heteroatoms. The molecule has 0 bridgehead atoms. The van der Waals surface area contributed by atoms with Crippen molar-refractivity contribution >= 4 is 34.5 Å². The van der Waals surface area contributed by atoms with Gasteiger partial charge in [-0.1, -0.05) is 30.3 Å². The summed E-state index contributed by atoms with van der Waals surface area (Å²) >= 11 is 5.92. The molecule has 1 fully saturated rings. The van der Waals surface area contributed by atoms with Crippen molar-refractivity contribution < 1.29 is 9.18 Å². The van der Waals surface area contributed by atoms with E-state index in [1.807, 2.05) is 29.2 Å². The monoisotopic (exact) mass is 467 g/mol. The zero-order valence-corrected chi connectivity index (χ0v) is 19.9. The first-order valence-electron chi connectivity index (χ1n) is 11.6. The molecule has 4 rings (SSSR count). The van der Waals surface area contributed by atoms with Crippen LogP contribution < -0.4 is 0 Å². The number of rotatable bonds is 8. The van der Waals surface area contributed by atoms with E-state index in [9.17, 15) is 9.18 Å². The molecule has 0 atom stereocenters. The van der Waals surface area contributed by atoms with Crippen LogP contribution in [0.2, 0.25) is 0 Å². The number of para-hydroxylation sites is 1. The van der Waals surface area contributed by atoms with Gasteiger partial charge in [0.15, 0.2) is 0 Å². The zero-order valence-electron chi connectivity index (χ0n) is 19.1. The number of aromatic nitrogens is 1. The fourth-order valence-electron chi connectivity index (χ4n) is 4.61. The number of alkyl halides is 1. The molecule has 0 saturated carbocycles. The van der Waals surface area contributed by atoms with Crippen LogP contribution in [0.5, 0.6) is 0 Å². The van der Waals surface area contributed by atoms with Crippen LogP contribution in [0.4, 0.5) is 4.39 Å². The van der Waals surface area contributed by atoms with E-state index >= 15 is 0 Å². The fraction of sp³-hybridized carbons (Fsp3) is 0.370. The largest absolute Gasteiger partial charge is 0.344 e. The number of carbonyl (C=O) groups is 1. The highest BCUT2D eigenvalue weighted by molar-refractivity contribution is 6.17. The Morgan fingerprint density at radius 3 is 2.61 bits per heavy atom. The second-order valence-electron chi connectivity index (χ2n) is 8.59. The van der Waals surface area contributed by atoms with Gasteiger partial charge >= 0.3 is 0 Å². The van der Waals surface area contributed by atoms with Crippen molar-refractivity contribution in [2.45, 2.75) is 26.3 Å². The topological polar surface area (TPSA) is 28.5 Å². The van der Waals surface area contributed by atoms with Gasteiger partial charge < -0.3 is 9.47 Å². The molecule has 0 unspecified atom stereocenters. The van der Waals surface area contributed by atoms with Crippen LogP contribution in [0.25, 0.3) is 17.0 Å². The molecule has 0 aliphatic carbocycles. The molecule has 1 aliphatic heterocycles. The molecule has 174 valence electrons. The zero-order chi connectivity index (χ0) is 23.2. The highest BCUT2D eigenvalue weighted by Crippen LogP contribution is 2.27. The molecule has 1 amide bonds. The number of amides is 1. The van der Waals surface area contributed by atoms with Crippen molar-refractivity contribution in [3.63, 3.8) is 0 Å². The number of benzene rings is 2. The second kappa shape index (κ2) is 11.0. The van der Waals surface area contributed by atoms with Crippen LogP contribution >= 0.6 is 11.6 Å². The molecule has 2 aromatic carbocycles. The third-order valence-electron chi connectivity index (χ3n) is 6.48. The Balaban J connectivity index is 1.36. The van der Waals surface area contributed by atoms with E-state index in [0.29, 0.717) is 19.0 Å². The van der Waals surface area contributed by atoms with Crippen molar-refractivity contribution in [3.8, 4) is 0 Å². The maximum absolute atomic E-state index is 13.4. The van der Waals surface area contributed by atoms with E-state index in [0.717, 1.165) is 61.2 Å². The molecule has 1 saturated heterocycles. The van der Waals surface area contributed by atoms with E-state index in [4.69, 9.17) is 11.6 Å². The molecule has 0 radical (unpaired) electrons. The van der Waals surface area contributed by atoms with Crippen molar-refractivity contribution in [1.82, 2.24) is 14.4 Å². The summed E-state index contributed by atoms with van der Waals surface area (Å²) in [5.41, 5.74) is 4.45. The van der Waals surface area contributed by atoms with Gasteiger partial charge in [0.1, 0.15) is 5.82 Å². The predicted octanol–water partition coefficient (Wildman–Crippen LogP) is 5.12. The van der Waals surface area contributed by atoms with Crippen molar-refractivity contribution in [2.75, 3.05) is 38.6 Å². The first-order valence-corrected chi connectivity index (χ1v) is 12.2. The minimum Gasteiger partial charge on any atom is -0.344 e. The Bertz CT molecular complexity index is 1130. The van der Waals surface area contributed by atoms with E-state index in [-0.39, 0.29) is 11.7 Å². The molecular weight excluding hydrogens is 437 g/mol. The average Bonchev–Trinajstić information content (AvgIpc) is 3.10. The maximum atomic E-state index is 13.4. The van der Waals surface area contributed by atoms with Crippen molar-refractivity contribution in [1.29, 1.82) is 0 Å². The number of halogens is 2.